The Kier molecular flexibility index (Phi) is 30.8. The van der Waals surface area contributed by atoms with E-state index in [9.17, 15) is 43.5 Å². The Hall–Kier alpha value is -7.96. The van der Waals surface area contributed by atoms with Crippen LogP contribution in [0.15, 0.2) is 60.7 Å². The van der Waals surface area contributed by atoms with Crippen LogP contribution in [-0.4, -0.2) is 239 Å². The molecule has 0 unspecified atom stereocenters. The molecular weight excluding hydrogens is 1220 g/mol. The van der Waals surface area contributed by atoms with Gasteiger partial charge in [-0.25, -0.2) is 0 Å². The van der Waals surface area contributed by atoms with E-state index in [0.29, 0.717) is 37.1 Å². The van der Waals surface area contributed by atoms with Crippen molar-refractivity contribution in [3.05, 3.63) is 71.8 Å². The van der Waals surface area contributed by atoms with Crippen LogP contribution < -0.4 is 26.6 Å². The van der Waals surface area contributed by atoms with E-state index in [1.165, 1.54) is 75.7 Å². The summed E-state index contributed by atoms with van der Waals surface area (Å²) in [6, 6.07) is 4.47. The molecule has 2 aromatic carbocycles. The maximum absolute atomic E-state index is 15.4. The number of carbonyl (C=O) groups excluding carboxylic acids is 12. The summed E-state index contributed by atoms with van der Waals surface area (Å²) in [6.45, 7) is 20.7. The minimum atomic E-state index is -1.74. The highest BCUT2D eigenvalue weighted by molar-refractivity contribution is 6.00. The Morgan fingerprint density at radius 3 is 1.41 bits per heavy atom. The Morgan fingerprint density at radius 1 is 0.463 bits per heavy atom. The predicted molar refractivity (Wildman–Crippen MR) is 361 cm³/mol. The van der Waals surface area contributed by atoms with E-state index in [2.05, 4.69) is 26.6 Å². The van der Waals surface area contributed by atoms with Crippen LogP contribution in [0, 0.1) is 29.6 Å². The van der Waals surface area contributed by atoms with E-state index in [1.54, 1.807) is 88.4 Å². The number of hydrogen-bond acceptors (Lipinski definition) is 13. The molecule has 2 heterocycles. The third-order valence-electron chi connectivity index (χ3n) is 18.0. The van der Waals surface area contributed by atoms with Gasteiger partial charge in [0.25, 0.3) is 0 Å². The summed E-state index contributed by atoms with van der Waals surface area (Å²) >= 11 is 0. The lowest BCUT2D eigenvalue weighted by atomic mass is 9.95. The average Bonchev–Trinajstić information content (AvgIpc) is 0.834. The van der Waals surface area contributed by atoms with Crippen molar-refractivity contribution in [2.75, 3.05) is 61.9 Å². The minimum absolute atomic E-state index is 0.0349. The molecule has 0 spiro atoms. The fourth-order valence-corrected chi connectivity index (χ4v) is 12.1. The molecule has 2 saturated heterocycles. The maximum Gasteiger partial charge on any atom is 0.245 e. The van der Waals surface area contributed by atoms with Crippen molar-refractivity contribution >= 4 is 70.9 Å². The molecule has 0 radical (unpaired) electrons. The number of aliphatic hydroxyl groups excluding tert-OH is 1. The first-order chi connectivity index (χ1) is 44.5. The minimum Gasteiger partial charge on any atom is -0.391 e. The molecule has 0 saturated carbocycles. The van der Waals surface area contributed by atoms with Crippen LogP contribution in [0.3, 0.4) is 0 Å². The molecule has 4 rings (SSSR count). The van der Waals surface area contributed by atoms with Gasteiger partial charge in [-0.1, -0.05) is 130 Å². The van der Waals surface area contributed by atoms with E-state index >= 15 is 19.2 Å². The highest BCUT2D eigenvalue weighted by atomic mass is 16.3. The zero-order chi connectivity index (χ0) is 71.5. The normalized spacial score (nSPS) is 25.7. The van der Waals surface area contributed by atoms with Gasteiger partial charge in [-0.15, -0.1) is 0 Å². The van der Waals surface area contributed by atoms with Crippen molar-refractivity contribution in [2.24, 2.45) is 29.6 Å². The second-order valence-corrected chi connectivity index (χ2v) is 28.0. The number of carbonyl (C=O) groups is 12. The quantitative estimate of drug-likeness (QED) is 0.159. The molecule has 6 N–H and O–H groups in total. The number of amides is 12. The van der Waals surface area contributed by atoms with Crippen molar-refractivity contribution < 1.29 is 62.6 Å². The zero-order valence-corrected chi connectivity index (χ0v) is 59.5. The lowest BCUT2D eigenvalue weighted by Crippen LogP contribution is -2.63. The first-order valence-corrected chi connectivity index (χ1v) is 33.6. The highest BCUT2D eigenvalue weighted by Gasteiger charge is 2.43. The third kappa shape index (κ3) is 22.6. The molecule has 528 valence electrons. The topological polar surface area (TPSA) is 308 Å². The number of rotatable bonds is 14. The molecule has 2 aliphatic rings. The predicted octanol–water partition coefficient (Wildman–Crippen LogP) is 2.76. The van der Waals surface area contributed by atoms with Gasteiger partial charge >= 0.3 is 0 Å². The van der Waals surface area contributed by atoms with Crippen LogP contribution in [0.4, 0.5) is 0 Å². The maximum atomic E-state index is 15.4. The second-order valence-electron chi connectivity index (χ2n) is 28.0. The first-order valence-electron chi connectivity index (χ1n) is 33.6. The number of nitrogens with zero attached hydrogens (tertiary/aromatic N) is 7. The molecule has 2 fully saturated rings. The van der Waals surface area contributed by atoms with E-state index in [0.717, 1.165) is 21.1 Å². The molecule has 2 aliphatic heterocycles. The van der Waals surface area contributed by atoms with Gasteiger partial charge in [0.2, 0.25) is 70.9 Å². The molecule has 0 aromatic heterocycles. The third-order valence-corrected chi connectivity index (χ3v) is 18.0. The summed E-state index contributed by atoms with van der Waals surface area (Å²) in [5, 5.41) is 25.2. The van der Waals surface area contributed by atoms with E-state index < -0.39 is 162 Å². The fraction of sp³-hybridized carbons (Fsp3) is 0.657. The van der Waals surface area contributed by atoms with Crippen molar-refractivity contribution in [3.8, 4) is 0 Å². The lowest BCUT2D eigenvalue weighted by molar-refractivity contribution is -0.149. The van der Waals surface area contributed by atoms with E-state index in [4.69, 9.17) is 0 Å². The van der Waals surface area contributed by atoms with Crippen LogP contribution in [0.2, 0.25) is 0 Å². The average molecular weight is 1330 g/mol. The summed E-state index contributed by atoms with van der Waals surface area (Å²) < 4.78 is 0. The van der Waals surface area contributed by atoms with Gasteiger partial charge in [-0.05, 0) is 93.1 Å². The standard InChI is InChI=1S/C70H110N12O13/c1-41(2)34-50-67(92)80(17)55(38-49-30-24-20-25-31-49)62(87)72-51(37-48-28-22-19-23-29-48)68(93)79(16)54(36-43(5)6)63(88)74-58(44(7)8)70(95)81(18)60(45(9)10)65(90)75-59(47(12)83)64(89)73-52(69(94)82-32-26-21-27-33-82)39-56(84)76(13)40-57(85)77(14)46(11)66(91)78(15)53(35-42(3)4)61(86)71-50/h19-20,22-25,28-31,41-47,50-55,58-60,83H,21,26-27,32-40H2,1-18H3,(H,71,86)(H,72,87)(H,73,89)(H,74,88)(H,75,90)/t46-,47+,50-,51-,52-,53-,54-,55-,58+,59-,60-/m0/s1. The van der Waals surface area contributed by atoms with Crippen LogP contribution in [-0.2, 0) is 70.4 Å². The molecular formula is C70H110N12O13. The highest BCUT2D eigenvalue weighted by Crippen LogP contribution is 2.23. The SMILES string of the molecule is CC(C)C[C@@H]1NC(=O)[C@H](CC(C)C)N(C)C(=O)[C@H](C)N(C)C(=O)CN(C)C(=O)C[C@@H](C(=O)N2CCCCC2)NC(=O)[C@H]([C@@H](C)O)NC(=O)[C@H](C(C)C)N(C)C(=O)[C@@H](C(C)C)NC(=O)[C@H](CC(C)C)N(C)C(=O)[C@H](Cc2ccccc2)NC(=O)[C@H](Cc2ccccc2)N(C)C1=O. The van der Waals surface area contributed by atoms with E-state index in [-0.39, 0.29) is 49.9 Å². The number of likely N-dealkylation sites (tertiary alicyclic amines) is 1. The second kappa shape index (κ2) is 36.8. The zero-order valence-electron chi connectivity index (χ0n) is 59.5. The van der Waals surface area contributed by atoms with Crippen LogP contribution >= 0.6 is 0 Å². The molecule has 25 heteroatoms. The summed E-state index contributed by atoms with van der Waals surface area (Å²) in [5.41, 5.74) is 1.32. The fourth-order valence-electron chi connectivity index (χ4n) is 12.1. The number of benzene rings is 2. The van der Waals surface area contributed by atoms with Gasteiger partial charge in [0.05, 0.1) is 19.1 Å². The summed E-state index contributed by atoms with van der Waals surface area (Å²) in [5.74, 6) is -10.5. The lowest BCUT2D eigenvalue weighted by Gasteiger charge is -2.37. The Labute approximate surface area is 562 Å². The van der Waals surface area contributed by atoms with Crippen molar-refractivity contribution in [1.82, 2.24) is 60.9 Å². The van der Waals surface area contributed by atoms with Crippen LogP contribution in [0.1, 0.15) is 139 Å². The smallest absolute Gasteiger partial charge is 0.245 e. The molecule has 0 aliphatic carbocycles. The van der Waals surface area contributed by atoms with Gasteiger partial charge in [-0.3, -0.25) is 57.5 Å². The number of nitrogens with one attached hydrogen (secondary N) is 5. The van der Waals surface area contributed by atoms with E-state index in [1.807, 2.05) is 41.5 Å². The Balaban J connectivity index is 1.93. The van der Waals surface area contributed by atoms with Crippen LogP contribution in [0.5, 0.6) is 0 Å². The largest absolute Gasteiger partial charge is 0.391 e. The molecule has 2 aromatic rings. The van der Waals surface area contributed by atoms with Gasteiger partial charge in [0.15, 0.2) is 0 Å². The first kappa shape index (κ1) is 79.5. The number of hydrogen-bond donors (Lipinski definition) is 6. The van der Waals surface area contributed by atoms with Crippen molar-refractivity contribution in [2.45, 2.75) is 207 Å². The summed E-state index contributed by atoms with van der Waals surface area (Å²) in [4.78, 5) is 186. The Bertz CT molecular complexity index is 2960. The monoisotopic (exact) mass is 1330 g/mol. The van der Waals surface area contributed by atoms with Gasteiger partial charge < -0.3 is 66.0 Å². The molecule has 95 heavy (non-hydrogen) atoms. The van der Waals surface area contributed by atoms with Crippen molar-refractivity contribution in [1.29, 1.82) is 0 Å². The van der Waals surface area contributed by atoms with Gasteiger partial charge in [0.1, 0.15) is 60.4 Å². The van der Waals surface area contributed by atoms with Gasteiger partial charge in [0, 0.05) is 68.2 Å². The van der Waals surface area contributed by atoms with Gasteiger partial charge in [-0.2, -0.15) is 0 Å². The Morgan fingerprint density at radius 2 is 0.916 bits per heavy atom. The molecule has 25 nitrogen and oxygen atoms in total. The number of aliphatic hydroxyl groups is 1. The summed E-state index contributed by atoms with van der Waals surface area (Å²) in [6.07, 6.45) is 0.153. The number of likely N-dealkylation sites (N-methyl/N-ethyl adjacent to an activating group) is 6. The molecule has 0 bridgehead atoms. The molecule has 12 amide bonds. The number of piperidine rings is 1. The molecule has 11 atom stereocenters. The van der Waals surface area contributed by atoms with Crippen molar-refractivity contribution in [3.63, 3.8) is 0 Å². The van der Waals surface area contributed by atoms with Crippen LogP contribution in [0.25, 0.3) is 0 Å². The summed E-state index contributed by atoms with van der Waals surface area (Å²) in [7, 11) is 8.37.